The molecule has 14 heteroatoms. The summed E-state index contributed by atoms with van der Waals surface area (Å²) < 4.78 is 1.99. The third-order valence-electron chi connectivity index (χ3n) is 5.88. The summed E-state index contributed by atoms with van der Waals surface area (Å²) in [6.45, 7) is 1.89. The van der Waals surface area contributed by atoms with E-state index < -0.39 is 29.9 Å². The molecule has 0 bridgehead atoms. The van der Waals surface area contributed by atoms with Crippen molar-refractivity contribution < 1.29 is 28.9 Å². The number of β-lactam (4-membered cyclic amide) rings is 1. The van der Waals surface area contributed by atoms with Gasteiger partial charge in [0.2, 0.25) is 0 Å². The zero-order chi connectivity index (χ0) is 26.3. The van der Waals surface area contributed by atoms with Gasteiger partial charge in [-0.25, -0.2) is 9.78 Å². The first-order valence-electron chi connectivity index (χ1n) is 10.9. The molecule has 0 spiro atoms. The van der Waals surface area contributed by atoms with Crippen LogP contribution in [-0.4, -0.2) is 63.4 Å². The van der Waals surface area contributed by atoms with E-state index in [1.165, 1.54) is 23.8 Å². The Morgan fingerprint density at radius 1 is 1.38 bits per heavy atom. The first-order valence-corrected chi connectivity index (χ1v) is 13.7. The molecule has 0 radical (unpaired) electrons. The van der Waals surface area contributed by atoms with Crippen molar-refractivity contribution in [1.82, 2.24) is 15.2 Å². The molecule has 5 rings (SSSR count). The number of carbonyl (C=O) groups is 3. The number of rotatable bonds is 7. The van der Waals surface area contributed by atoms with E-state index in [2.05, 4.69) is 15.5 Å². The summed E-state index contributed by atoms with van der Waals surface area (Å²) in [5, 5.41) is 21.3. The highest BCUT2D eigenvalue weighted by molar-refractivity contribution is 8.03. The molecule has 11 nitrogen and oxygen atoms in total. The van der Waals surface area contributed by atoms with Gasteiger partial charge in [0.05, 0.1) is 11.4 Å². The maximum atomic E-state index is 13.1. The van der Waals surface area contributed by atoms with Crippen LogP contribution in [0.25, 0.3) is 15.9 Å². The smallest absolute Gasteiger partial charge is 0.353 e. The molecule has 37 heavy (non-hydrogen) atoms. The third-order valence-corrected chi connectivity index (χ3v) is 8.61. The number of nitrogens with two attached hydrogens (primary N) is 1. The lowest BCUT2D eigenvalue weighted by atomic mass is 9.94. The van der Waals surface area contributed by atoms with Crippen LogP contribution in [0.4, 0.5) is 5.13 Å². The topological polar surface area (TPSA) is 151 Å². The van der Waals surface area contributed by atoms with E-state index in [4.69, 9.17) is 10.6 Å². The number of carboxylic acid groups (broad SMARTS) is 1. The van der Waals surface area contributed by atoms with Gasteiger partial charge in [0.25, 0.3) is 16.6 Å². The number of allylic oxidation sites excluding steroid dienone is 2. The zero-order valence-electron chi connectivity index (χ0n) is 19.6. The molecule has 2 atom stereocenters. The molecule has 4 N–H and O–H groups in total. The minimum atomic E-state index is -1.21. The minimum Gasteiger partial charge on any atom is -0.477 e. The second-order valence-electron chi connectivity index (χ2n) is 8.09. The molecule has 3 aromatic heterocycles. The molecule has 0 unspecified atom stereocenters. The van der Waals surface area contributed by atoms with Crippen LogP contribution in [-0.2, 0) is 19.2 Å². The number of nitrogens with one attached hydrogen (secondary N) is 1. The van der Waals surface area contributed by atoms with Crippen LogP contribution in [0.3, 0.4) is 0 Å². The second kappa shape index (κ2) is 9.95. The van der Waals surface area contributed by atoms with E-state index in [9.17, 15) is 19.5 Å². The Morgan fingerprint density at radius 3 is 2.89 bits per heavy atom. The molecule has 1 fully saturated rings. The largest absolute Gasteiger partial charge is 0.477 e. The fraction of sp³-hybridized carbons (Fsp3) is 0.217. The van der Waals surface area contributed by atoms with E-state index in [0.717, 1.165) is 27.3 Å². The fourth-order valence-electron chi connectivity index (χ4n) is 4.20. The highest BCUT2D eigenvalue weighted by atomic mass is 32.2. The van der Waals surface area contributed by atoms with Gasteiger partial charge in [0, 0.05) is 35.1 Å². The first kappa shape index (κ1) is 24.9. The fourth-order valence-corrected chi connectivity index (χ4v) is 6.95. The van der Waals surface area contributed by atoms with E-state index in [1.54, 1.807) is 22.8 Å². The Labute approximate surface area is 222 Å². The van der Waals surface area contributed by atoms with Crippen molar-refractivity contribution in [3.05, 3.63) is 57.5 Å². The summed E-state index contributed by atoms with van der Waals surface area (Å²) in [6.07, 6.45) is 3.69. The number of nitrogens with zero attached hydrogens (tertiary/aromatic N) is 4. The van der Waals surface area contributed by atoms with Crippen LogP contribution >= 0.6 is 34.4 Å². The Hall–Kier alpha value is -3.75. The maximum absolute atomic E-state index is 13.1. The third kappa shape index (κ3) is 4.47. The number of nitrogen functional groups attached to an aromatic ring is 1. The quantitative estimate of drug-likeness (QED) is 0.172. The number of pyridine rings is 1. The standard InChI is InChI=1S/C23H20N6O5S3/c1-11(28-6-3-4-12-5-7-35-21(12)28)8-15-18(22(32)33)29-14(10-36-15)17(20(29)31)26-19(30)16(27-34-2)13-9-37-23(24)25-13/h3-9,14,17H,10H2,1-2H3,(H3-,24,25,26,30,32,33)/p+1/b11-8+,27-16?/t14-,17+/m1/s1. The maximum Gasteiger partial charge on any atom is 0.353 e. The number of thioether (sulfide) groups is 1. The molecule has 2 aliphatic rings. The second-order valence-corrected chi connectivity index (χ2v) is 10.9. The summed E-state index contributed by atoms with van der Waals surface area (Å²) in [5.41, 5.74) is 6.46. The molecule has 190 valence electrons. The Balaban J connectivity index is 1.40. The molecule has 1 saturated heterocycles. The minimum absolute atomic E-state index is 0.104. The van der Waals surface area contributed by atoms with Crippen LogP contribution < -0.4 is 15.6 Å². The lowest BCUT2D eigenvalue weighted by molar-refractivity contribution is -0.550. The number of fused-ring (bicyclic) bond motifs is 2. The number of thiazole rings is 1. The molecular weight excluding hydrogens is 536 g/mol. The van der Waals surface area contributed by atoms with Crippen molar-refractivity contribution in [2.75, 3.05) is 18.6 Å². The van der Waals surface area contributed by atoms with Crippen LogP contribution in [0.1, 0.15) is 12.6 Å². The van der Waals surface area contributed by atoms with Gasteiger partial charge in [0.1, 0.15) is 24.5 Å². The van der Waals surface area contributed by atoms with Crippen molar-refractivity contribution in [2.45, 2.75) is 19.0 Å². The van der Waals surface area contributed by atoms with Gasteiger partial charge in [-0.05, 0) is 17.5 Å². The SMILES string of the molecule is CON=C(C(=O)N[C@@H]1C(=O)N2C(C(=O)O)=C(/C=C(\C)[n+]3cccc4ccsc43)SC[C@H]12)c1csc(N)n1. The number of anilines is 1. The number of hydrogen-bond donors (Lipinski definition) is 3. The van der Waals surface area contributed by atoms with Gasteiger partial charge in [0.15, 0.2) is 22.7 Å². The van der Waals surface area contributed by atoms with Gasteiger partial charge >= 0.3 is 5.97 Å². The van der Waals surface area contributed by atoms with E-state index in [-0.39, 0.29) is 22.2 Å². The lowest BCUT2D eigenvalue weighted by Gasteiger charge is -2.49. The van der Waals surface area contributed by atoms with Gasteiger partial charge in [-0.15, -0.1) is 23.1 Å². The van der Waals surface area contributed by atoms with Gasteiger partial charge < -0.3 is 21.0 Å². The first-order chi connectivity index (χ1) is 17.8. The Kier molecular flexibility index (Phi) is 6.70. The predicted molar refractivity (Wildman–Crippen MR) is 142 cm³/mol. The molecular formula is C23H21N6O5S3+. The molecule has 3 aromatic rings. The van der Waals surface area contributed by atoms with Crippen LogP contribution in [0, 0.1) is 0 Å². The predicted octanol–water partition coefficient (Wildman–Crippen LogP) is 1.88. The molecule has 2 amide bonds. The summed E-state index contributed by atoms with van der Waals surface area (Å²) in [5.74, 6) is -1.99. The van der Waals surface area contributed by atoms with Crippen LogP contribution in [0.15, 0.2) is 57.0 Å². The summed E-state index contributed by atoms with van der Waals surface area (Å²) in [7, 11) is 1.29. The number of thiophene rings is 1. The van der Waals surface area contributed by atoms with Crippen molar-refractivity contribution in [3.8, 4) is 0 Å². The number of aromatic nitrogens is 2. The van der Waals surface area contributed by atoms with Gasteiger partial charge in [-0.3, -0.25) is 14.5 Å². The normalized spacial score (nSPS) is 20.1. The average molecular weight is 558 g/mol. The number of oxime groups is 1. The number of hydrogen-bond acceptors (Lipinski definition) is 10. The highest BCUT2D eigenvalue weighted by Gasteiger charge is 2.54. The van der Waals surface area contributed by atoms with Crippen molar-refractivity contribution in [1.29, 1.82) is 0 Å². The number of amides is 2. The van der Waals surface area contributed by atoms with Gasteiger partial charge in [-0.1, -0.05) is 16.5 Å². The lowest BCUT2D eigenvalue weighted by Crippen LogP contribution is -2.73. The highest BCUT2D eigenvalue weighted by Crippen LogP contribution is 2.40. The van der Waals surface area contributed by atoms with E-state index in [0.29, 0.717) is 10.7 Å². The van der Waals surface area contributed by atoms with Gasteiger partial charge in [-0.2, -0.15) is 4.57 Å². The number of carboxylic acids is 1. The summed E-state index contributed by atoms with van der Waals surface area (Å²) >= 11 is 4.05. The molecule has 2 aliphatic heterocycles. The molecule has 0 aliphatic carbocycles. The Morgan fingerprint density at radius 2 is 2.19 bits per heavy atom. The number of carbonyl (C=O) groups excluding carboxylic acids is 2. The molecule has 5 heterocycles. The van der Waals surface area contributed by atoms with Crippen LogP contribution in [0.5, 0.6) is 0 Å². The number of aliphatic carboxylic acids is 1. The Bertz CT molecular complexity index is 1520. The zero-order valence-corrected chi connectivity index (χ0v) is 22.0. The summed E-state index contributed by atoms with van der Waals surface area (Å²) in [4.78, 5) is 49.8. The van der Waals surface area contributed by atoms with Crippen LogP contribution in [0.2, 0.25) is 0 Å². The van der Waals surface area contributed by atoms with Crippen molar-refractivity contribution in [3.63, 3.8) is 0 Å². The molecule has 0 aromatic carbocycles. The van der Waals surface area contributed by atoms with Crippen molar-refractivity contribution in [2.24, 2.45) is 5.16 Å². The summed E-state index contributed by atoms with van der Waals surface area (Å²) in [6, 6.07) is 4.52. The average Bonchev–Trinajstić information content (AvgIpc) is 3.53. The monoisotopic (exact) mass is 557 g/mol. The van der Waals surface area contributed by atoms with E-state index in [1.807, 2.05) is 41.3 Å². The van der Waals surface area contributed by atoms with Crippen molar-refractivity contribution >= 4 is 79.0 Å². The van der Waals surface area contributed by atoms with E-state index >= 15 is 0 Å². The molecule has 0 saturated carbocycles.